The van der Waals surface area contributed by atoms with Crippen LogP contribution in [0.3, 0.4) is 0 Å². The minimum absolute atomic E-state index is 0.0845. The molecule has 0 amide bonds. The Morgan fingerprint density at radius 1 is 1.38 bits per heavy atom. The van der Waals surface area contributed by atoms with Crippen LogP contribution in [0.2, 0.25) is 0 Å². The van der Waals surface area contributed by atoms with Gasteiger partial charge in [-0.25, -0.2) is 4.79 Å². The average molecular weight is 186 g/mol. The molecule has 3 heteroatoms. The van der Waals surface area contributed by atoms with Crippen molar-refractivity contribution in [3.63, 3.8) is 0 Å². The molecule has 2 N–H and O–H groups in total. The molecular formula is C10H18O3. The average Bonchev–Trinajstić information content (AvgIpc) is 2.04. The standard InChI is InChI=1S/C10H18O3/c1-7-5-3-4-6-8(7)10(2,13)9(11)12/h7-8,13H,3-6H2,1-2H3,(H,11,12). The Hall–Kier alpha value is -0.570. The van der Waals surface area contributed by atoms with Crippen LogP contribution >= 0.6 is 0 Å². The molecule has 1 rings (SSSR count). The highest BCUT2D eigenvalue weighted by Gasteiger charge is 2.42. The summed E-state index contributed by atoms with van der Waals surface area (Å²) in [7, 11) is 0. The lowest BCUT2D eigenvalue weighted by atomic mass is 9.71. The van der Waals surface area contributed by atoms with Crippen molar-refractivity contribution in [1.82, 2.24) is 0 Å². The van der Waals surface area contributed by atoms with Crippen molar-refractivity contribution < 1.29 is 15.0 Å². The minimum Gasteiger partial charge on any atom is -0.479 e. The molecule has 1 aliphatic carbocycles. The van der Waals surface area contributed by atoms with Crippen molar-refractivity contribution in [2.24, 2.45) is 11.8 Å². The van der Waals surface area contributed by atoms with E-state index in [4.69, 9.17) is 5.11 Å². The number of rotatable bonds is 2. The second-order valence-electron chi connectivity index (χ2n) is 4.32. The Labute approximate surface area is 78.8 Å². The Morgan fingerprint density at radius 2 is 1.92 bits per heavy atom. The van der Waals surface area contributed by atoms with Crippen LogP contribution in [0.1, 0.15) is 39.5 Å². The molecule has 0 aromatic rings. The third-order valence-corrected chi connectivity index (χ3v) is 3.27. The van der Waals surface area contributed by atoms with E-state index in [1.54, 1.807) is 0 Å². The van der Waals surface area contributed by atoms with Crippen LogP contribution in [0.25, 0.3) is 0 Å². The smallest absolute Gasteiger partial charge is 0.335 e. The fourth-order valence-electron chi connectivity index (χ4n) is 2.31. The maximum atomic E-state index is 10.8. The molecule has 0 radical (unpaired) electrons. The number of aliphatic carboxylic acids is 1. The third-order valence-electron chi connectivity index (χ3n) is 3.27. The first-order valence-electron chi connectivity index (χ1n) is 4.92. The van der Waals surface area contributed by atoms with Crippen molar-refractivity contribution in [1.29, 1.82) is 0 Å². The zero-order valence-electron chi connectivity index (χ0n) is 8.29. The van der Waals surface area contributed by atoms with Crippen LogP contribution in [0, 0.1) is 11.8 Å². The molecule has 3 atom stereocenters. The molecule has 3 unspecified atom stereocenters. The fourth-order valence-corrected chi connectivity index (χ4v) is 2.31. The summed E-state index contributed by atoms with van der Waals surface area (Å²) in [5.74, 6) is -0.857. The number of carboxylic acids is 1. The highest BCUT2D eigenvalue weighted by atomic mass is 16.4. The first kappa shape index (κ1) is 10.5. The van der Waals surface area contributed by atoms with Gasteiger partial charge < -0.3 is 10.2 Å². The van der Waals surface area contributed by atoms with Gasteiger partial charge in [-0.2, -0.15) is 0 Å². The zero-order chi connectivity index (χ0) is 10.1. The molecule has 76 valence electrons. The Morgan fingerprint density at radius 3 is 2.38 bits per heavy atom. The lowest BCUT2D eigenvalue weighted by Gasteiger charge is -2.36. The molecule has 1 aliphatic rings. The Bertz CT molecular complexity index is 198. The topological polar surface area (TPSA) is 57.5 Å². The summed E-state index contributed by atoms with van der Waals surface area (Å²) in [5.41, 5.74) is -1.54. The molecule has 0 spiro atoms. The number of carboxylic acid groups (broad SMARTS) is 1. The van der Waals surface area contributed by atoms with E-state index in [2.05, 4.69) is 0 Å². The van der Waals surface area contributed by atoms with Gasteiger partial charge in [0.1, 0.15) is 0 Å². The first-order valence-corrected chi connectivity index (χ1v) is 4.92. The van der Waals surface area contributed by atoms with Gasteiger partial charge >= 0.3 is 5.97 Å². The largest absolute Gasteiger partial charge is 0.479 e. The molecular weight excluding hydrogens is 168 g/mol. The molecule has 0 saturated heterocycles. The summed E-state index contributed by atoms with van der Waals surface area (Å²) >= 11 is 0. The maximum Gasteiger partial charge on any atom is 0.335 e. The van der Waals surface area contributed by atoms with Crippen LogP contribution in [0.5, 0.6) is 0 Å². The van der Waals surface area contributed by atoms with E-state index in [9.17, 15) is 9.90 Å². The summed E-state index contributed by atoms with van der Waals surface area (Å²) < 4.78 is 0. The summed E-state index contributed by atoms with van der Waals surface area (Å²) in [4.78, 5) is 10.8. The normalized spacial score (nSPS) is 33.8. The lowest BCUT2D eigenvalue weighted by Crippen LogP contribution is -2.46. The van der Waals surface area contributed by atoms with Gasteiger partial charge in [-0.3, -0.25) is 0 Å². The van der Waals surface area contributed by atoms with Gasteiger partial charge in [-0.15, -0.1) is 0 Å². The zero-order valence-corrected chi connectivity index (χ0v) is 8.29. The van der Waals surface area contributed by atoms with Gasteiger partial charge in [-0.05, 0) is 19.3 Å². The van der Waals surface area contributed by atoms with E-state index in [1.165, 1.54) is 6.92 Å². The van der Waals surface area contributed by atoms with Crippen LogP contribution in [-0.4, -0.2) is 21.8 Å². The van der Waals surface area contributed by atoms with Crippen molar-refractivity contribution >= 4 is 5.97 Å². The number of carbonyl (C=O) groups is 1. The van der Waals surface area contributed by atoms with Gasteiger partial charge in [0.15, 0.2) is 5.60 Å². The summed E-state index contributed by atoms with van der Waals surface area (Å²) in [6.45, 7) is 3.45. The Balaban J connectivity index is 2.73. The van der Waals surface area contributed by atoms with Gasteiger partial charge in [0.25, 0.3) is 0 Å². The highest BCUT2D eigenvalue weighted by Crippen LogP contribution is 2.37. The molecule has 1 fully saturated rings. The van der Waals surface area contributed by atoms with Crippen LogP contribution in [-0.2, 0) is 4.79 Å². The van der Waals surface area contributed by atoms with Gasteiger partial charge in [0.05, 0.1) is 0 Å². The van der Waals surface area contributed by atoms with Crippen molar-refractivity contribution in [3.8, 4) is 0 Å². The van der Waals surface area contributed by atoms with Crippen molar-refractivity contribution in [2.75, 3.05) is 0 Å². The summed E-state index contributed by atoms with van der Waals surface area (Å²) in [5, 5.41) is 18.6. The van der Waals surface area contributed by atoms with E-state index in [0.717, 1.165) is 25.7 Å². The van der Waals surface area contributed by atoms with Crippen LogP contribution in [0.4, 0.5) is 0 Å². The first-order chi connectivity index (χ1) is 5.96. The second kappa shape index (κ2) is 3.66. The molecule has 3 nitrogen and oxygen atoms in total. The molecule has 0 aromatic heterocycles. The fraction of sp³-hybridized carbons (Fsp3) is 0.900. The maximum absolute atomic E-state index is 10.8. The molecule has 0 heterocycles. The lowest BCUT2D eigenvalue weighted by molar-refractivity contribution is -0.166. The predicted molar refractivity (Wildman–Crippen MR) is 49.4 cm³/mol. The quantitative estimate of drug-likeness (QED) is 0.689. The SMILES string of the molecule is CC1CCCCC1C(C)(O)C(=O)O. The van der Waals surface area contributed by atoms with Gasteiger partial charge in [-0.1, -0.05) is 26.2 Å². The predicted octanol–water partition coefficient (Wildman–Crippen LogP) is 1.65. The van der Waals surface area contributed by atoms with Crippen molar-refractivity contribution in [3.05, 3.63) is 0 Å². The second-order valence-corrected chi connectivity index (χ2v) is 4.32. The Kier molecular flexibility index (Phi) is 2.96. The summed E-state index contributed by atoms with van der Waals surface area (Å²) in [6.07, 6.45) is 4.07. The molecule has 0 bridgehead atoms. The van der Waals surface area contributed by atoms with E-state index >= 15 is 0 Å². The van der Waals surface area contributed by atoms with Gasteiger partial charge in [0.2, 0.25) is 0 Å². The van der Waals surface area contributed by atoms with E-state index < -0.39 is 11.6 Å². The van der Waals surface area contributed by atoms with Crippen LogP contribution < -0.4 is 0 Å². The molecule has 13 heavy (non-hydrogen) atoms. The van der Waals surface area contributed by atoms with E-state index in [0.29, 0.717) is 5.92 Å². The van der Waals surface area contributed by atoms with Crippen molar-refractivity contribution in [2.45, 2.75) is 45.1 Å². The molecule has 1 saturated carbocycles. The van der Waals surface area contributed by atoms with Gasteiger partial charge in [0, 0.05) is 5.92 Å². The number of hydrogen-bond donors (Lipinski definition) is 2. The minimum atomic E-state index is -1.54. The van der Waals surface area contributed by atoms with E-state index in [1.807, 2.05) is 6.92 Å². The van der Waals surface area contributed by atoms with E-state index in [-0.39, 0.29) is 5.92 Å². The monoisotopic (exact) mass is 186 g/mol. The number of aliphatic hydroxyl groups is 1. The highest BCUT2D eigenvalue weighted by molar-refractivity contribution is 5.77. The molecule has 0 aliphatic heterocycles. The number of hydrogen-bond acceptors (Lipinski definition) is 2. The third kappa shape index (κ3) is 2.02. The molecule has 0 aromatic carbocycles. The van der Waals surface area contributed by atoms with Crippen LogP contribution in [0.15, 0.2) is 0 Å². The summed E-state index contributed by atoms with van der Waals surface area (Å²) in [6, 6.07) is 0.